The van der Waals surface area contributed by atoms with Gasteiger partial charge in [-0.25, -0.2) is 4.79 Å². The van der Waals surface area contributed by atoms with E-state index in [0.29, 0.717) is 0 Å². The normalized spacial score (nSPS) is 18.5. The zero-order valence-corrected chi connectivity index (χ0v) is 15.6. The van der Waals surface area contributed by atoms with Gasteiger partial charge in [0, 0.05) is 26.5 Å². The average molecular weight is 393 g/mol. The number of hydrogen-bond acceptors (Lipinski definition) is 2. The molecule has 2 heterocycles. The number of halogens is 1. The molecule has 1 unspecified atom stereocenters. The van der Waals surface area contributed by atoms with Gasteiger partial charge in [0.05, 0.1) is 6.04 Å². The first-order valence-electron chi connectivity index (χ1n) is 8.03. The number of urea groups is 1. The van der Waals surface area contributed by atoms with Gasteiger partial charge in [0.1, 0.15) is 0 Å². The first-order chi connectivity index (χ1) is 11.1. The molecule has 0 bridgehead atoms. The van der Waals surface area contributed by atoms with Gasteiger partial charge in [-0.1, -0.05) is 28.8 Å². The van der Waals surface area contributed by atoms with E-state index in [4.69, 9.17) is 0 Å². The molecule has 1 N–H and O–H groups in total. The lowest BCUT2D eigenvalue weighted by atomic mass is 10.1. The maximum Gasteiger partial charge on any atom is 0.322 e. The van der Waals surface area contributed by atoms with E-state index in [1.165, 1.54) is 22.6 Å². The van der Waals surface area contributed by atoms with Gasteiger partial charge >= 0.3 is 6.03 Å². The van der Waals surface area contributed by atoms with Gasteiger partial charge in [-0.3, -0.25) is 0 Å². The van der Waals surface area contributed by atoms with E-state index >= 15 is 0 Å². The van der Waals surface area contributed by atoms with E-state index < -0.39 is 0 Å². The van der Waals surface area contributed by atoms with Crippen LogP contribution >= 0.6 is 27.3 Å². The summed E-state index contributed by atoms with van der Waals surface area (Å²) < 4.78 is 1.01. The van der Waals surface area contributed by atoms with E-state index in [0.717, 1.165) is 29.5 Å². The fourth-order valence-electron chi connectivity index (χ4n) is 3.01. The van der Waals surface area contributed by atoms with Crippen LogP contribution < -0.4 is 5.32 Å². The van der Waals surface area contributed by atoms with Crippen molar-refractivity contribution in [3.05, 3.63) is 50.6 Å². The molecule has 1 aliphatic rings. The van der Waals surface area contributed by atoms with Crippen LogP contribution in [0.4, 0.5) is 10.5 Å². The Balaban J connectivity index is 1.78. The Labute approximate surface area is 149 Å². The molecule has 2 aromatic rings. The number of hydrogen-bond donors (Lipinski definition) is 1. The molecule has 122 valence electrons. The Morgan fingerprint density at radius 3 is 2.65 bits per heavy atom. The zero-order chi connectivity index (χ0) is 16.2. The fourth-order valence-corrected chi connectivity index (χ4v) is 4.30. The molecule has 1 saturated heterocycles. The quantitative estimate of drug-likeness (QED) is 0.670. The molecule has 1 aliphatic heterocycles. The van der Waals surface area contributed by atoms with Crippen molar-refractivity contribution in [2.45, 2.75) is 38.6 Å². The first-order valence-corrected chi connectivity index (χ1v) is 9.64. The van der Waals surface area contributed by atoms with Crippen molar-refractivity contribution in [2.75, 3.05) is 11.9 Å². The lowest BCUT2D eigenvalue weighted by Gasteiger charge is -2.29. The number of aryl methyl sites for hydroxylation is 1. The summed E-state index contributed by atoms with van der Waals surface area (Å²) in [7, 11) is 0. The number of amides is 2. The molecule has 2 amide bonds. The first kappa shape index (κ1) is 16.5. The highest BCUT2D eigenvalue weighted by molar-refractivity contribution is 9.10. The largest absolute Gasteiger partial charge is 0.322 e. The second-order valence-corrected chi connectivity index (χ2v) is 8.18. The van der Waals surface area contributed by atoms with Crippen LogP contribution in [-0.2, 0) is 0 Å². The van der Waals surface area contributed by atoms with Crippen LogP contribution in [0.15, 0.2) is 40.9 Å². The molecule has 1 aromatic heterocycles. The number of carbonyl (C=O) groups excluding carboxylic acids is 1. The summed E-state index contributed by atoms with van der Waals surface area (Å²) in [6.07, 6.45) is 4.51. The molecule has 3 rings (SSSR count). The van der Waals surface area contributed by atoms with E-state index in [1.807, 2.05) is 29.2 Å². The predicted molar refractivity (Wildman–Crippen MR) is 100 cm³/mol. The highest BCUT2D eigenvalue weighted by Crippen LogP contribution is 2.34. The van der Waals surface area contributed by atoms with Crippen LogP contribution in [0.1, 0.15) is 41.5 Å². The summed E-state index contributed by atoms with van der Waals surface area (Å²) in [5.74, 6) is 0. The predicted octanol–water partition coefficient (Wildman–Crippen LogP) is 5.97. The third-order valence-corrected chi connectivity index (χ3v) is 5.83. The van der Waals surface area contributed by atoms with Crippen LogP contribution in [0.25, 0.3) is 0 Å². The van der Waals surface area contributed by atoms with Crippen LogP contribution in [0, 0.1) is 6.92 Å². The lowest BCUT2D eigenvalue weighted by Crippen LogP contribution is -2.37. The molecule has 3 nitrogen and oxygen atoms in total. The van der Waals surface area contributed by atoms with Gasteiger partial charge in [-0.15, -0.1) is 11.3 Å². The van der Waals surface area contributed by atoms with Crippen LogP contribution in [-0.4, -0.2) is 17.5 Å². The number of rotatable bonds is 2. The van der Waals surface area contributed by atoms with Crippen LogP contribution in [0.3, 0.4) is 0 Å². The van der Waals surface area contributed by atoms with Gasteiger partial charge < -0.3 is 10.2 Å². The maximum absolute atomic E-state index is 12.8. The Morgan fingerprint density at radius 1 is 1.17 bits per heavy atom. The summed E-state index contributed by atoms with van der Waals surface area (Å²) in [5, 5.41) is 3.04. The summed E-state index contributed by atoms with van der Waals surface area (Å²) >= 11 is 5.22. The molecule has 1 aromatic carbocycles. The average Bonchev–Trinajstić information content (AvgIpc) is 2.82. The molecule has 1 fully saturated rings. The van der Waals surface area contributed by atoms with Crippen molar-refractivity contribution in [1.29, 1.82) is 0 Å². The summed E-state index contributed by atoms with van der Waals surface area (Å²) in [6.45, 7) is 2.95. The molecule has 5 heteroatoms. The van der Waals surface area contributed by atoms with E-state index in [1.54, 1.807) is 11.3 Å². The minimum Gasteiger partial charge on any atom is -0.317 e. The van der Waals surface area contributed by atoms with Crippen molar-refractivity contribution >= 4 is 39.0 Å². The summed E-state index contributed by atoms with van der Waals surface area (Å²) in [5.41, 5.74) is 0.837. The topological polar surface area (TPSA) is 32.3 Å². The maximum atomic E-state index is 12.8. The van der Waals surface area contributed by atoms with Gasteiger partial charge in [0.15, 0.2) is 0 Å². The Kier molecular flexibility index (Phi) is 5.38. The van der Waals surface area contributed by atoms with Crippen molar-refractivity contribution in [3.63, 3.8) is 0 Å². The Morgan fingerprint density at radius 2 is 1.96 bits per heavy atom. The van der Waals surface area contributed by atoms with Gasteiger partial charge in [-0.2, -0.15) is 0 Å². The van der Waals surface area contributed by atoms with Crippen LogP contribution in [0.2, 0.25) is 0 Å². The second-order valence-electron chi connectivity index (χ2n) is 5.94. The minimum absolute atomic E-state index is 0.00488. The summed E-state index contributed by atoms with van der Waals surface area (Å²) in [6, 6.07) is 12.3. The smallest absolute Gasteiger partial charge is 0.317 e. The Hall–Kier alpha value is -1.33. The van der Waals surface area contributed by atoms with Gasteiger partial charge in [-0.05, 0) is 56.2 Å². The standard InChI is InChI=1S/C18H21BrN2OS/c1-13-6-11-17(23-13)16-5-3-2-4-12-21(16)18(22)20-15-9-7-14(19)8-10-15/h6-11,16H,2-5,12H2,1H3,(H,20,22). The molecular weight excluding hydrogens is 372 g/mol. The monoisotopic (exact) mass is 392 g/mol. The van der Waals surface area contributed by atoms with E-state index in [9.17, 15) is 4.79 Å². The second kappa shape index (κ2) is 7.49. The van der Waals surface area contributed by atoms with E-state index in [2.05, 4.69) is 40.3 Å². The SMILES string of the molecule is Cc1ccc(C2CCCCCN2C(=O)Nc2ccc(Br)cc2)s1. The van der Waals surface area contributed by atoms with Crippen molar-refractivity contribution in [3.8, 4) is 0 Å². The molecule has 0 spiro atoms. The molecule has 0 aliphatic carbocycles. The number of thiophene rings is 1. The van der Waals surface area contributed by atoms with Crippen molar-refractivity contribution in [1.82, 2.24) is 4.90 Å². The molecular formula is C18H21BrN2OS. The molecule has 0 radical (unpaired) electrons. The summed E-state index contributed by atoms with van der Waals surface area (Å²) in [4.78, 5) is 17.4. The fraction of sp³-hybridized carbons (Fsp3) is 0.389. The highest BCUT2D eigenvalue weighted by Gasteiger charge is 2.27. The van der Waals surface area contributed by atoms with Gasteiger partial charge in [0.2, 0.25) is 0 Å². The number of nitrogens with zero attached hydrogens (tertiary/aromatic N) is 1. The number of carbonyl (C=O) groups is 1. The molecule has 1 atom stereocenters. The lowest BCUT2D eigenvalue weighted by molar-refractivity contribution is 0.190. The van der Waals surface area contributed by atoms with Crippen molar-refractivity contribution < 1.29 is 4.79 Å². The third-order valence-electron chi connectivity index (χ3n) is 4.20. The number of anilines is 1. The third kappa shape index (κ3) is 4.15. The highest BCUT2D eigenvalue weighted by atomic mass is 79.9. The number of benzene rings is 1. The van der Waals surface area contributed by atoms with Crippen molar-refractivity contribution in [2.24, 2.45) is 0 Å². The molecule has 23 heavy (non-hydrogen) atoms. The van der Waals surface area contributed by atoms with Gasteiger partial charge in [0.25, 0.3) is 0 Å². The minimum atomic E-state index is 0.00488. The number of nitrogens with one attached hydrogen (secondary N) is 1. The van der Waals surface area contributed by atoms with Crippen LogP contribution in [0.5, 0.6) is 0 Å². The molecule has 0 saturated carbocycles. The number of likely N-dealkylation sites (tertiary alicyclic amines) is 1. The Bertz CT molecular complexity index is 668. The zero-order valence-electron chi connectivity index (χ0n) is 13.2. The van der Waals surface area contributed by atoms with E-state index in [-0.39, 0.29) is 12.1 Å².